The highest BCUT2D eigenvalue weighted by atomic mass is 35.7. The zero-order valence-corrected chi connectivity index (χ0v) is 11.2. The van der Waals surface area contributed by atoms with Crippen molar-refractivity contribution in [2.45, 2.75) is 31.1 Å². The second kappa shape index (κ2) is 3.64. The average molecular weight is 271 g/mol. The van der Waals surface area contributed by atoms with E-state index < -0.39 is 14.5 Å². The van der Waals surface area contributed by atoms with Gasteiger partial charge in [-0.1, -0.05) is 32.4 Å². The smallest absolute Gasteiger partial charge is 0.255 e. The number of hydrogen-bond acceptors (Lipinski definition) is 3. The van der Waals surface area contributed by atoms with Crippen LogP contribution in [0.5, 0.6) is 0 Å². The second-order valence-corrected chi connectivity index (χ2v) is 7.14. The van der Waals surface area contributed by atoms with E-state index in [9.17, 15) is 8.42 Å². The molecule has 86 valence electrons. The van der Waals surface area contributed by atoms with Crippen LogP contribution in [0.15, 0.2) is 4.90 Å². The summed E-state index contributed by atoms with van der Waals surface area (Å²) >= 11 is 5.84. The van der Waals surface area contributed by atoms with Crippen molar-refractivity contribution in [3.63, 3.8) is 0 Å². The Morgan fingerprint density at radius 2 is 1.80 bits per heavy atom. The summed E-state index contributed by atoms with van der Waals surface area (Å²) in [6.45, 7) is 5.53. The first-order valence-electron chi connectivity index (χ1n) is 4.23. The zero-order chi connectivity index (χ0) is 12.0. The maximum Gasteiger partial charge on any atom is 0.266 e. The van der Waals surface area contributed by atoms with Gasteiger partial charge in [0.2, 0.25) is 0 Å². The summed E-state index contributed by atoms with van der Waals surface area (Å²) in [5.74, 6) is 0. The van der Waals surface area contributed by atoms with Crippen molar-refractivity contribution in [1.82, 2.24) is 9.78 Å². The lowest BCUT2D eigenvalue weighted by Gasteiger charge is -2.15. The van der Waals surface area contributed by atoms with E-state index in [-0.39, 0.29) is 10.0 Å². The van der Waals surface area contributed by atoms with E-state index >= 15 is 0 Å². The highest BCUT2D eigenvalue weighted by Gasteiger charge is 2.31. The highest BCUT2D eigenvalue weighted by Crippen LogP contribution is 2.34. The molecule has 0 N–H and O–H groups in total. The van der Waals surface area contributed by atoms with E-state index in [0.717, 1.165) is 0 Å². The number of aromatic nitrogens is 2. The van der Waals surface area contributed by atoms with Gasteiger partial charge in [0.15, 0.2) is 0 Å². The Morgan fingerprint density at radius 1 is 1.33 bits per heavy atom. The van der Waals surface area contributed by atoms with Crippen LogP contribution in [0.25, 0.3) is 0 Å². The van der Waals surface area contributed by atoms with E-state index in [1.54, 1.807) is 7.05 Å². The van der Waals surface area contributed by atoms with Crippen molar-refractivity contribution in [3.8, 4) is 0 Å². The summed E-state index contributed by atoms with van der Waals surface area (Å²) in [4.78, 5) is -0.0965. The summed E-state index contributed by atoms with van der Waals surface area (Å²) in [5.41, 5.74) is -0.0487. The first kappa shape index (κ1) is 12.8. The van der Waals surface area contributed by atoms with Crippen LogP contribution in [-0.2, 0) is 21.5 Å². The minimum atomic E-state index is -3.87. The SMILES string of the molecule is Cn1nc(C(C)(C)C)c(S(=O)(=O)Cl)c1Cl. The van der Waals surface area contributed by atoms with Crippen LogP contribution in [0.4, 0.5) is 0 Å². The van der Waals surface area contributed by atoms with E-state index in [1.807, 2.05) is 20.8 Å². The van der Waals surface area contributed by atoms with Crippen LogP contribution < -0.4 is 0 Å². The van der Waals surface area contributed by atoms with Gasteiger partial charge in [-0.15, -0.1) is 0 Å². The molecule has 1 heterocycles. The van der Waals surface area contributed by atoms with Crippen molar-refractivity contribution in [3.05, 3.63) is 10.8 Å². The Balaban J connectivity index is 3.63. The van der Waals surface area contributed by atoms with Gasteiger partial charge in [-0.05, 0) is 0 Å². The van der Waals surface area contributed by atoms with Gasteiger partial charge in [-0.2, -0.15) is 5.10 Å². The van der Waals surface area contributed by atoms with E-state index in [2.05, 4.69) is 5.10 Å². The maximum absolute atomic E-state index is 11.4. The lowest BCUT2D eigenvalue weighted by molar-refractivity contribution is 0.540. The summed E-state index contributed by atoms with van der Waals surface area (Å²) in [6.07, 6.45) is 0. The Kier molecular flexibility index (Phi) is 3.11. The molecular formula is C8H12Cl2N2O2S. The molecule has 1 aromatic rings. The summed E-state index contributed by atoms with van der Waals surface area (Å²) in [6, 6.07) is 0. The molecule has 0 fully saturated rings. The molecular weight excluding hydrogens is 259 g/mol. The van der Waals surface area contributed by atoms with Gasteiger partial charge in [0.05, 0.1) is 5.69 Å². The van der Waals surface area contributed by atoms with E-state index in [4.69, 9.17) is 22.3 Å². The van der Waals surface area contributed by atoms with Gasteiger partial charge in [-0.25, -0.2) is 8.42 Å². The molecule has 15 heavy (non-hydrogen) atoms. The zero-order valence-electron chi connectivity index (χ0n) is 8.88. The first-order chi connectivity index (χ1) is 6.55. The molecule has 0 radical (unpaired) electrons. The largest absolute Gasteiger partial charge is 0.266 e. The molecule has 0 amide bonds. The van der Waals surface area contributed by atoms with Gasteiger partial charge in [0.25, 0.3) is 9.05 Å². The third kappa shape index (κ3) is 2.46. The topological polar surface area (TPSA) is 52.0 Å². The molecule has 0 aliphatic heterocycles. The number of aryl methyl sites for hydroxylation is 1. The monoisotopic (exact) mass is 270 g/mol. The molecule has 0 atom stereocenters. The summed E-state index contributed by atoms with van der Waals surface area (Å²) in [7, 11) is 3.03. The van der Waals surface area contributed by atoms with E-state index in [0.29, 0.717) is 5.69 Å². The van der Waals surface area contributed by atoms with Crippen molar-refractivity contribution in [1.29, 1.82) is 0 Å². The number of rotatable bonds is 1. The lowest BCUT2D eigenvalue weighted by Crippen LogP contribution is -2.15. The van der Waals surface area contributed by atoms with Gasteiger partial charge < -0.3 is 0 Å². The molecule has 1 rings (SSSR count). The molecule has 4 nitrogen and oxygen atoms in total. The lowest BCUT2D eigenvalue weighted by atomic mass is 9.92. The fourth-order valence-electron chi connectivity index (χ4n) is 1.19. The number of halogens is 2. The van der Waals surface area contributed by atoms with Gasteiger partial charge in [-0.3, -0.25) is 4.68 Å². The van der Waals surface area contributed by atoms with Crippen LogP contribution in [0, 0.1) is 0 Å². The molecule has 0 spiro atoms. The molecule has 0 aliphatic rings. The summed E-state index contributed by atoms with van der Waals surface area (Å²) < 4.78 is 24.0. The number of nitrogens with zero attached hydrogens (tertiary/aromatic N) is 2. The molecule has 0 aromatic carbocycles. The summed E-state index contributed by atoms with van der Waals surface area (Å²) in [5, 5.41) is 4.11. The van der Waals surface area contributed by atoms with Crippen LogP contribution in [0.1, 0.15) is 26.5 Å². The minimum absolute atomic E-state index is 0.0370. The third-order valence-corrected chi connectivity index (χ3v) is 3.77. The fraction of sp³-hybridized carbons (Fsp3) is 0.625. The average Bonchev–Trinajstić information content (AvgIpc) is 2.25. The molecule has 0 saturated carbocycles. The molecule has 0 aliphatic carbocycles. The normalized spacial score (nSPS) is 13.2. The standard InChI is InChI=1S/C8H12Cl2N2O2S/c1-8(2,3)6-5(15(10,13)14)7(9)12(4)11-6/h1-4H3. The Labute approximate surface area is 98.6 Å². The fourth-order valence-corrected chi connectivity index (χ4v) is 3.09. The van der Waals surface area contributed by atoms with Crippen LogP contribution in [0.2, 0.25) is 5.15 Å². The predicted molar refractivity (Wildman–Crippen MR) is 60.0 cm³/mol. The molecule has 7 heteroatoms. The quantitative estimate of drug-likeness (QED) is 0.736. The van der Waals surface area contributed by atoms with Crippen molar-refractivity contribution in [2.75, 3.05) is 0 Å². The van der Waals surface area contributed by atoms with Crippen LogP contribution >= 0.6 is 22.3 Å². The molecule has 0 bridgehead atoms. The molecule has 1 aromatic heterocycles. The second-order valence-electron chi connectivity index (χ2n) is 4.28. The Bertz CT molecular complexity index is 485. The van der Waals surface area contributed by atoms with Crippen molar-refractivity contribution in [2.24, 2.45) is 7.05 Å². The van der Waals surface area contributed by atoms with Gasteiger partial charge in [0, 0.05) is 23.1 Å². The van der Waals surface area contributed by atoms with Gasteiger partial charge in [0.1, 0.15) is 10.0 Å². The van der Waals surface area contributed by atoms with Crippen LogP contribution in [-0.4, -0.2) is 18.2 Å². The predicted octanol–water partition coefficient (Wildman–Crippen LogP) is 2.30. The Hall–Kier alpha value is -0.260. The molecule has 0 unspecified atom stereocenters. The number of hydrogen-bond donors (Lipinski definition) is 0. The van der Waals surface area contributed by atoms with Crippen molar-refractivity contribution >= 4 is 31.3 Å². The third-order valence-electron chi connectivity index (χ3n) is 1.89. The highest BCUT2D eigenvalue weighted by molar-refractivity contribution is 8.13. The first-order valence-corrected chi connectivity index (χ1v) is 6.91. The van der Waals surface area contributed by atoms with Crippen molar-refractivity contribution < 1.29 is 8.42 Å². The Morgan fingerprint density at radius 3 is 2.07 bits per heavy atom. The van der Waals surface area contributed by atoms with E-state index in [1.165, 1.54) is 4.68 Å². The van der Waals surface area contributed by atoms with Gasteiger partial charge >= 0.3 is 0 Å². The minimum Gasteiger partial charge on any atom is -0.255 e. The molecule has 0 saturated heterocycles. The van der Waals surface area contributed by atoms with Crippen LogP contribution in [0.3, 0.4) is 0 Å². The maximum atomic E-state index is 11.4.